The maximum Gasteiger partial charge on any atom is 0.337 e. The van der Waals surface area contributed by atoms with Gasteiger partial charge in [0.25, 0.3) is 0 Å². The minimum Gasteiger partial charge on any atom is -0.465 e. The molecule has 4 rings (SSSR count). The van der Waals surface area contributed by atoms with Crippen LogP contribution in [0.25, 0.3) is 21.3 Å². The van der Waals surface area contributed by atoms with E-state index in [4.69, 9.17) is 4.74 Å². The molecule has 140 valence electrons. The van der Waals surface area contributed by atoms with Gasteiger partial charge in [0.15, 0.2) is 0 Å². The fourth-order valence-corrected chi connectivity index (χ4v) is 4.13. The Labute approximate surface area is 167 Å². The Morgan fingerprint density at radius 1 is 1.04 bits per heavy atom. The molecule has 28 heavy (non-hydrogen) atoms. The third-order valence-electron chi connectivity index (χ3n) is 4.61. The van der Waals surface area contributed by atoms with Crippen LogP contribution in [-0.4, -0.2) is 23.0 Å². The monoisotopic (exact) mass is 389 g/mol. The summed E-state index contributed by atoms with van der Waals surface area (Å²) in [7, 11) is 1.37. The van der Waals surface area contributed by atoms with Gasteiger partial charge in [-0.1, -0.05) is 23.8 Å². The van der Waals surface area contributed by atoms with Crippen molar-refractivity contribution in [2.45, 2.75) is 13.8 Å². The summed E-state index contributed by atoms with van der Waals surface area (Å²) in [6.07, 6.45) is 1.57. The van der Waals surface area contributed by atoms with Crippen LogP contribution in [0.4, 0.5) is 11.5 Å². The lowest BCUT2D eigenvalue weighted by molar-refractivity contribution is 0.0601. The Balaban J connectivity index is 1.76. The first-order valence-electron chi connectivity index (χ1n) is 8.82. The molecule has 0 aliphatic heterocycles. The summed E-state index contributed by atoms with van der Waals surface area (Å²) >= 11 is 1.60. The van der Waals surface area contributed by atoms with Gasteiger partial charge in [-0.25, -0.2) is 14.8 Å². The van der Waals surface area contributed by atoms with Crippen molar-refractivity contribution in [2.75, 3.05) is 12.4 Å². The van der Waals surface area contributed by atoms with Gasteiger partial charge in [0.05, 0.1) is 18.1 Å². The van der Waals surface area contributed by atoms with Crippen LogP contribution in [0.3, 0.4) is 0 Å². The van der Waals surface area contributed by atoms with E-state index in [1.54, 1.807) is 29.8 Å². The van der Waals surface area contributed by atoms with E-state index in [2.05, 4.69) is 52.7 Å². The van der Waals surface area contributed by atoms with Gasteiger partial charge in [-0.2, -0.15) is 0 Å². The summed E-state index contributed by atoms with van der Waals surface area (Å²) in [5.74, 6) is 0.387. The maximum atomic E-state index is 11.6. The number of thiophene rings is 1. The van der Waals surface area contributed by atoms with Gasteiger partial charge in [0, 0.05) is 16.6 Å². The molecule has 0 unspecified atom stereocenters. The van der Waals surface area contributed by atoms with Gasteiger partial charge in [-0.05, 0) is 49.2 Å². The lowest BCUT2D eigenvalue weighted by Crippen LogP contribution is -2.01. The van der Waals surface area contributed by atoms with E-state index >= 15 is 0 Å². The normalized spacial score (nSPS) is 10.8. The van der Waals surface area contributed by atoms with Gasteiger partial charge in [0.1, 0.15) is 17.0 Å². The van der Waals surface area contributed by atoms with E-state index in [0.29, 0.717) is 5.56 Å². The number of methoxy groups -OCH3 is 1. The number of nitrogens with zero attached hydrogens (tertiary/aromatic N) is 2. The Kier molecular flexibility index (Phi) is 4.79. The highest BCUT2D eigenvalue weighted by Gasteiger charge is 2.15. The summed E-state index contributed by atoms with van der Waals surface area (Å²) < 4.78 is 4.75. The van der Waals surface area contributed by atoms with E-state index in [1.165, 1.54) is 23.8 Å². The number of fused-ring (bicyclic) bond motifs is 1. The van der Waals surface area contributed by atoms with Crippen LogP contribution in [0.2, 0.25) is 0 Å². The molecule has 0 radical (unpaired) electrons. The summed E-state index contributed by atoms with van der Waals surface area (Å²) in [6.45, 7) is 4.21. The number of aryl methyl sites for hydroxylation is 2. The van der Waals surface area contributed by atoms with Crippen molar-refractivity contribution in [3.8, 4) is 11.1 Å². The second-order valence-corrected chi connectivity index (χ2v) is 7.42. The Morgan fingerprint density at radius 3 is 2.54 bits per heavy atom. The van der Waals surface area contributed by atoms with E-state index in [-0.39, 0.29) is 5.97 Å². The second-order valence-electron chi connectivity index (χ2n) is 6.56. The fraction of sp³-hybridized carbons (Fsp3) is 0.136. The molecular formula is C22H19N3O2S. The predicted octanol–water partition coefficient (Wildman–Crippen LogP) is 5.51. The Bertz CT molecular complexity index is 1170. The first-order valence-corrected chi connectivity index (χ1v) is 9.70. The molecule has 0 fully saturated rings. The minimum atomic E-state index is -0.356. The highest BCUT2D eigenvalue weighted by molar-refractivity contribution is 7.17. The van der Waals surface area contributed by atoms with Crippen molar-refractivity contribution in [2.24, 2.45) is 0 Å². The van der Waals surface area contributed by atoms with Crippen LogP contribution in [0.1, 0.15) is 21.5 Å². The standard InChI is InChI=1S/C22H19N3O2S/c1-13-4-9-17(14(2)10-13)18-11-28-21-19(18)20(23-12-24-21)25-16-7-5-15(6-8-16)22(26)27-3/h4-12H,1-3H3,(H,23,24,25). The first-order chi connectivity index (χ1) is 13.6. The van der Waals surface area contributed by atoms with Gasteiger partial charge in [0.2, 0.25) is 0 Å². The molecule has 0 saturated heterocycles. The average Bonchev–Trinajstić information content (AvgIpc) is 3.13. The van der Waals surface area contributed by atoms with Crippen molar-refractivity contribution >= 4 is 39.0 Å². The Hall–Kier alpha value is -3.25. The molecule has 0 spiro atoms. The van der Waals surface area contributed by atoms with Crippen LogP contribution in [0.5, 0.6) is 0 Å². The van der Waals surface area contributed by atoms with Crippen LogP contribution in [-0.2, 0) is 4.74 Å². The molecule has 4 aromatic rings. The Morgan fingerprint density at radius 2 is 1.82 bits per heavy atom. The molecule has 0 aliphatic carbocycles. The van der Waals surface area contributed by atoms with Crippen molar-refractivity contribution < 1.29 is 9.53 Å². The van der Waals surface area contributed by atoms with E-state index in [0.717, 1.165) is 27.3 Å². The summed E-state index contributed by atoms with van der Waals surface area (Å²) in [6, 6.07) is 13.6. The third-order valence-corrected chi connectivity index (χ3v) is 5.50. The maximum absolute atomic E-state index is 11.6. The zero-order valence-electron chi connectivity index (χ0n) is 15.8. The number of hydrogen-bond acceptors (Lipinski definition) is 6. The van der Waals surface area contributed by atoms with Gasteiger partial charge < -0.3 is 10.1 Å². The van der Waals surface area contributed by atoms with Crippen LogP contribution in [0, 0.1) is 13.8 Å². The molecule has 5 nitrogen and oxygen atoms in total. The highest BCUT2D eigenvalue weighted by atomic mass is 32.1. The number of carbonyl (C=O) groups is 1. The number of esters is 1. The van der Waals surface area contributed by atoms with Gasteiger partial charge in [-0.15, -0.1) is 11.3 Å². The number of nitrogens with one attached hydrogen (secondary N) is 1. The SMILES string of the molecule is COC(=O)c1ccc(Nc2ncnc3scc(-c4ccc(C)cc4C)c23)cc1. The van der Waals surface area contributed by atoms with Crippen LogP contribution < -0.4 is 5.32 Å². The minimum absolute atomic E-state index is 0.356. The fourth-order valence-electron chi connectivity index (χ4n) is 3.23. The molecule has 6 heteroatoms. The van der Waals surface area contributed by atoms with Crippen LogP contribution >= 0.6 is 11.3 Å². The smallest absolute Gasteiger partial charge is 0.337 e. The molecule has 2 aromatic heterocycles. The second kappa shape index (κ2) is 7.40. The zero-order chi connectivity index (χ0) is 19.7. The highest BCUT2D eigenvalue weighted by Crippen LogP contribution is 2.38. The number of hydrogen-bond donors (Lipinski definition) is 1. The zero-order valence-corrected chi connectivity index (χ0v) is 16.6. The van der Waals surface area contributed by atoms with E-state index < -0.39 is 0 Å². The number of anilines is 2. The summed E-state index contributed by atoms with van der Waals surface area (Å²) in [4.78, 5) is 21.5. The van der Waals surface area contributed by atoms with Gasteiger partial charge >= 0.3 is 5.97 Å². The number of benzene rings is 2. The molecule has 0 aliphatic rings. The number of carbonyl (C=O) groups excluding carboxylic acids is 1. The molecular weight excluding hydrogens is 370 g/mol. The molecule has 2 heterocycles. The molecule has 0 amide bonds. The van der Waals surface area contributed by atoms with Crippen molar-refractivity contribution in [3.05, 3.63) is 70.9 Å². The number of aromatic nitrogens is 2. The lowest BCUT2D eigenvalue weighted by atomic mass is 9.99. The summed E-state index contributed by atoms with van der Waals surface area (Å²) in [5, 5.41) is 6.49. The van der Waals surface area contributed by atoms with Crippen molar-refractivity contribution in [3.63, 3.8) is 0 Å². The van der Waals surface area contributed by atoms with Crippen molar-refractivity contribution in [1.82, 2.24) is 9.97 Å². The number of ether oxygens (including phenoxy) is 1. The van der Waals surface area contributed by atoms with E-state index in [9.17, 15) is 4.79 Å². The molecule has 2 aromatic carbocycles. The number of rotatable bonds is 4. The first kappa shape index (κ1) is 18.1. The quantitative estimate of drug-likeness (QED) is 0.467. The molecule has 0 saturated carbocycles. The van der Waals surface area contributed by atoms with Gasteiger partial charge in [-0.3, -0.25) is 0 Å². The average molecular weight is 389 g/mol. The third kappa shape index (κ3) is 3.34. The van der Waals surface area contributed by atoms with Crippen molar-refractivity contribution in [1.29, 1.82) is 0 Å². The molecule has 0 atom stereocenters. The molecule has 0 bridgehead atoms. The largest absolute Gasteiger partial charge is 0.465 e. The molecule has 1 N–H and O–H groups in total. The predicted molar refractivity (Wildman–Crippen MR) is 113 cm³/mol. The lowest BCUT2D eigenvalue weighted by Gasteiger charge is -2.10. The van der Waals surface area contributed by atoms with E-state index in [1.807, 2.05) is 12.1 Å². The topological polar surface area (TPSA) is 64.1 Å². The summed E-state index contributed by atoms with van der Waals surface area (Å²) in [5.41, 5.74) is 6.10. The van der Waals surface area contributed by atoms with Crippen LogP contribution in [0.15, 0.2) is 54.2 Å².